The summed E-state index contributed by atoms with van der Waals surface area (Å²) in [5, 5.41) is 11.1. The van der Waals surface area contributed by atoms with Gasteiger partial charge in [-0.25, -0.2) is 0 Å². The molecule has 0 aliphatic carbocycles. The third kappa shape index (κ3) is 1.66. The number of hydrogen-bond donors (Lipinski definition) is 1. The van der Waals surface area contributed by atoms with E-state index in [1.54, 1.807) is 19.4 Å². The highest BCUT2D eigenvalue weighted by Gasteiger charge is 2.20. The van der Waals surface area contributed by atoms with Gasteiger partial charge < -0.3 is 14.3 Å². The summed E-state index contributed by atoms with van der Waals surface area (Å²) >= 11 is 0. The van der Waals surface area contributed by atoms with E-state index >= 15 is 0 Å². The maximum atomic E-state index is 10.5. The third-order valence-electron chi connectivity index (χ3n) is 3.35. The Kier molecular flexibility index (Phi) is 2.67. The summed E-state index contributed by atoms with van der Waals surface area (Å²) < 4.78 is 10.8. The second-order valence-electron chi connectivity index (χ2n) is 4.41. The second-order valence-corrected chi connectivity index (χ2v) is 4.41. The van der Waals surface area contributed by atoms with Crippen LogP contribution in [-0.4, -0.2) is 12.2 Å². The number of ether oxygens (including phenoxy) is 1. The minimum atomic E-state index is 0.230. The van der Waals surface area contributed by atoms with Crippen LogP contribution in [0, 0.1) is 6.92 Å². The number of aromatic hydroxyl groups is 1. The molecule has 1 aromatic heterocycles. The van der Waals surface area contributed by atoms with Crippen LogP contribution in [0.25, 0.3) is 22.1 Å². The molecule has 96 valence electrons. The summed E-state index contributed by atoms with van der Waals surface area (Å²) in [7, 11) is 1.61. The summed E-state index contributed by atoms with van der Waals surface area (Å²) in [6.07, 6.45) is 1.56. The van der Waals surface area contributed by atoms with Crippen molar-refractivity contribution in [2.24, 2.45) is 0 Å². The highest BCUT2D eigenvalue weighted by molar-refractivity contribution is 5.98. The standard InChI is InChI=1S/C16H14O3/c1-10-13(11-6-4-3-5-7-11)14(17)12-8-9-19-16(12)15(10)18-2/h3-9,17H,1-2H3. The normalized spacial score (nSPS) is 10.8. The summed E-state index contributed by atoms with van der Waals surface area (Å²) in [6, 6.07) is 11.5. The van der Waals surface area contributed by atoms with Crippen molar-refractivity contribution in [1.82, 2.24) is 0 Å². The van der Waals surface area contributed by atoms with Crippen molar-refractivity contribution in [2.75, 3.05) is 7.11 Å². The van der Waals surface area contributed by atoms with Crippen molar-refractivity contribution in [3.63, 3.8) is 0 Å². The summed E-state index contributed by atoms with van der Waals surface area (Å²) in [6.45, 7) is 1.92. The van der Waals surface area contributed by atoms with Crippen LogP contribution in [0.2, 0.25) is 0 Å². The van der Waals surface area contributed by atoms with Crippen molar-refractivity contribution >= 4 is 11.0 Å². The molecule has 2 aromatic carbocycles. The van der Waals surface area contributed by atoms with E-state index in [0.717, 1.165) is 16.7 Å². The van der Waals surface area contributed by atoms with E-state index in [0.29, 0.717) is 16.7 Å². The van der Waals surface area contributed by atoms with Gasteiger partial charge in [-0.2, -0.15) is 0 Å². The molecule has 3 aromatic rings. The number of phenolic OH excluding ortho intramolecular Hbond substituents is 1. The Balaban J connectivity index is 2.42. The van der Waals surface area contributed by atoms with Gasteiger partial charge in [-0.05, 0) is 18.6 Å². The Labute approximate surface area is 111 Å². The minimum Gasteiger partial charge on any atom is -0.507 e. The average molecular weight is 254 g/mol. The topological polar surface area (TPSA) is 42.6 Å². The minimum absolute atomic E-state index is 0.230. The van der Waals surface area contributed by atoms with E-state index in [-0.39, 0.29) is 5.75 Å². The van der Waals surface area contributed by atoms with Crippen molar-refractivity contribution in [2.45, 2.75) is 6.92 Å². The van der Waals surface area contributed by atoms with Crippen LogP contribution in [0.4, 0.5) is 0 Å². The molecule has 0 aliphatic rings. The lowest BCUT2D eigenvalue weighted by atomic mass is 9.96. The first kappa shape index (κ1) is 11.7. The predicted octanol–water partition coefficient (Wildman–Crippen LogP) is 4.12. The Bertz CT molecular complexity index is 727. The fourth-order valence-corrected chi connectivity index (χ4v) is 2.47. The van der Waals surface area contributed by atoms with E-state index in [4.69, 9.17) is 9.15 Å². The molecule has 0 atom stereocenters. The fourth-order valence-electron chi connectivity index (χ4n) is 2.47. The predicted molar refractivity (Wildman–Crippen MR) is 74.6 cm³/mol. The first-order valence-corrected chi connectivity index (χ1v) is 6.06. The maximum absolute atomic E-state index is 10.5. The Morgan fingerprint density at radius 3 is 2.53 bits per heavy atom. The number of hydrogen-bond acceptors (Lipinski definition) is 3. The zero-order valence-electron chi connectivity index (χ0n) is 10.8. The van der Waals surface area contributed by atoms with Crippen LogP contribution >= 0.6 is 0 Å². The molecule has 0 amide bonds. The van der Waals surface area contributed by atoms with E-state index in [1.165, 1.54) is 0 Å². The molecule has 19 heavy (non-hydrogen) atoms. The van der Waals surface area contributed by atoms with Crippen LogP contribution in [-0.2, 0) is 0 Å². The third-order valence-corrected chi connectivity index (χ3v) is 3.35. The van der Waals surface area contributed by atoms with Gasteiger partial charge >= 0.3 is 0 Å². The monoisotopic (exact) mass is 254 g/mol. The lowest BCUT2D eigenvalue weighted by molar-refractivity contribution is 0.406. The molecule has 3 heteroatoms. The van der Waals surface area contributed by atoms with Gasteiger partial charge in [0.1, 0.15) is 5.75 Å². The smallest absolute Gasteiger partial charge is 0.179 e. The van der Waals surface area contributed by atoms with Crippen molar-refractivity contribution < 1.29 is 14.3 Å². The first-order chi connectivity index (χ1) is 9.24. The summed E-state index contributed by atoms with van der Waals surface area (Å²) in [4.78, 5) is 0. The molecular weight excluding hydrogens is 240 g/mol. The molecule has 0 aliphatic heterocycles. The Morgan fingerprint density at radius 1 is 1.11 bits per heavy atom. The van der Waals surface area contributed by atoms with Gasteiger partial charge in [0.25, 0.3) is 0 Å². The molecule has 3 nitrogen and oxygen atoms in total. The number of rotatable bonds is 2. The number of furan rings is 1. The Hall–Kier alpha value is -2.42. The zero-order valence-corrected chi connectivity index (χ0v) is 10.8. The van der Waals surface area contributed by atoms with E-state index in [2.05, 4.69) is 0 Å². The highest BCUT2D eigenvalue weighted by atomic mass is 16.5. The summed E-state index contributed by atoms with van der Waals surface area (Å²) in [5.74, 6) is 0.893. The molecular formula is C16H14O3. The quantitative estimate of drug-likeness (QED) is 0.748. The Morgan fingerprint density at radius 2 is 1.84 bits per heavy atom. The maximum Gasteiger partial charge on any atom is 0.179 e. The van der Waals surface area contributed by atoms with Gasteiger partial charge in [-0.15, -0.1) is 0 Å². The molecule has 0 fully saturated rings. The summed E-state index contributed by atoms with van der Waals surface area (Å²) in [5.41, 5.74) is 3.19. The average Bonchev–Trinajstić information content (AvgIpc) is 2.90. The molecule has 0 spiro atoms. The molecule has 0 saturated heterocycles. The lowest BCUT2D eigenvalue weighted by Gasteiger charge is -2.13. The van der Waals surface area contributed by atoms with Gasteiger partial charge in [-0.3, -0.25) is 0 Å². The zero-order chi connectivity index (χ0) is 13.4. The van der Waals surface area contributed by atoms with Gasteiger partial charge in [0.05, 0.1) is 18.8 Å². The fraction of sp³-hybridized carbons (Fsp3) is 0.125. The number of methoxy groups -OCH3 is 1. The highest BCUT2D eigenvalue weighted by Crippen LogP contribution is 2.45. The number of fused-ring (bicyclic) bond motifs is 1. The van der Waals surface area contributed by atoms with Crippen molar-refractivity contribution in [1.29, 1.82) is 0 Å². The largest absolute Gasteiger partial charge is 0.507 e. The first-order valence-electron chi connectivity index (χ1n) is 6.06. The van der Waals surface area contributed by atoms with E-state index in [9.17, 15) is 5.11 Å². The molecule has 0 saturated carbocycles. The molecule has 1 N–H and O–H groups in total. The van der Waals surface area contributed by atoms with E-state index < -0.39 is 0 Å². The molecule has 1 heterocycles. The van der Waals surface area contributed by atoms with Gasteiger partial charge in [0, 0.05) is 11.1 Å². The van der Waals surface area contributed by atoms with Gasteiger partial charge in [0.15, 0.2) is 11.3 Å². The van der Waals surface area contributed by atoms with Gasteiger partial charge in [-0.1, -0.05) is 30.3 Å². The van der Waals surface area contributed by atoms with Crippen LogP contribution < -0.4 is 4.74 Å². The molecule has 0 radical (unpaired) electrons. The number of benzene rings is 2. The second kappa shape index (κ2) is 4.35. The van der Waals surface area contributed by atoms with Gasteiger partial charge in [0.2, 0.25) is 0 Å². The van der Waals surface area contributed by atoms with Crippen molar-refractivity contribution in [3.05, 3.63) is 48.2 Å². The molecule has 0 unspecified atom stereocenters. The van der Waals surface area contributed by atoms with Crippen LogP contribution in [0.1, 0.15) is 5.56 Å². The van der Waals surface area contributed by atoms with E-state index in [1.807, 2.05) is 37.3 Å². The van der Waals surface area contributed by atoms with Crippen LogP contribution in [0.3, 0.4) is 0 Å². The number of phenols is 1. The molecule has 0 bridgehead atoms. The van der Waals surface area contributed by atoms with Crippen molar-refractivity contribution in [3.8, 4) is 22.6 Å². The van der Waals surface area contributed by atoms with Crippen LogP contribution in [0.15, 0.2) is 47.1 Å². The van der Waals surface area contributed by atoms with Crippen LogP contribution in [0.5, 0.6) is 11.5 Å². The SMILES string of the molecule is COc1c(C)c(-c2ccccc2)c(O)c2ccoc12. The molecule has 3 rings (SSSR count). The lowest BCUT2D eigenvalue weighted by Crippen LogP contribution is -1.92.